The van der Waals surface area contributed by atoms with Crippen LogP contribution in [0.3, 0.4) is 0 Å². The molecule has 0 N–H and O–H groups in total. The second-order valence-electron chi connectivity index (χ2n) is 5.60. The lowest BCUT2D eigenvalue weighted by molar-refractivity contribution is -0.136. The number of fused-ring (bicyclic) bond motifs is 1. The molecule has 2 aliphatic rings. The maximum Gasteiger partial charge on any atom is 0.226 e. The number of nitrogens with zero attached hydrogens (tertiary/aromatic N) is 2. The van der Waals surface area contributed by atoms with E-state index in [1.165, 1.54) is 6.42 Å². The van der Waals surface area contributed by atoms with E-state index in [1.54, 1.807) is 6.20 Å². The summed E-state index contributed by atoms with van der Waals surface area (Å²) >= 11 is 0. The summed E-state index contributed by atoms with van der Waals surface area (Å²) < 4.78 is 0. The summed E-state index contributed by atoms with van der Waals surface area (Å²) in [5, 5.41) is 0. The molecule has 2 atom stereocenters. The van der Waals surface area contributed by atoms with Crippen molar-refractivity contribution in [3.63, 3.8) is 0 Å². The van der Waals surface area contributed by atoms with Crippen molar-refractivity contribution in [2.45, 2.75) is 32.7 Å². The van der Waals surface area contributed by atoms with Crippen LogP contribution in [-0.2, 0) is 11.3 Å². The van der Waals surface area contributed by atoms with Crippen molar-refractivity contribution in [1.29, 1.82) is 0 Å². The number of carbonyl (C=O) groups is 1. The molecule has 2 unspecified atom stereocenters. The van der Waals surface area contributed by atoms with Crippen molar-refractivity contribution < 1.29 is 4.79 Å². The molecule has 0 bridgehead atoms. The molecular formula is C15H20N2O. The van der Waals surface area contributed by atoms with Crippen LogP contribution in [0, 0.1) is 17.8 Å². The molecule has 96 valence electrons. The van der Waals surface area contributed by atoms with Gasteiger partial charge in [-0.25, -0.2) is 0 Å². The number of amides is 1. The van der Waals surface area contributed by atoms with Gasteiger partial charge in [0.1, 0.15) is 0 Å². The van der Waals surface area contributed by atoms with Crippen molar-refractivity contribution in [1.82, 2.24) is 9.88 Å². The number of rotatable bonds is 4. The summed E-state index contributed by atoms with van der Waals surface area (Å²) in [5.74, 6) is 2.37. The fourth-order valence-corrected chi connectivity index (χ4v) is 3.21. The second-order valence-corrected chi connectivity index (χ2v) is 5.60. The van der Waals surface area contributed by atoms with Gasteiger partial charge in [-0.05, 0) is 50.2 Å². The molecule has 3 rings (SSSR count). The van der Waals surface area contributed by atoms with Gasteiger partial charge in [-0.1, -0.05) is 6.07 Å². The first-order chi connectivity index (χ1) is 8.78. The molecule has 3 nitrogen and oxygen atoms in total. The Morgan fingerprint density at radius 1 is 1.33 bits per heavy atom. The number of pyridine rings is 1. The van der Waals surface area contributed by atoms with Crippen LogP contribution in [0.15, 0.2) is 24.4 Å². The Labute approximate surface area is 108 Å². The Hall–Kier alpha value is -1.38. The Morgan fingerprint density at radius 2 is 2.11 bits per heavy atom. The Morgan fingerprint density at radius 3 is 2.72 bits per heavy atom. The first kappa shape index (κ1) is 11.7. The fraction of sp³-hybridized carbons (Fsp3) is 0.600. The van der Waals surface area contributed by atoms with Gasteiger partial charge in [0.15, 0.2) is 0 Å². The van der Waals surface area contributed by atoms with E-state index in [0.717, 1.165) is 36.9 Å². The lowest BCUT2D eigenvalue weighted by Crippen LogP contribution is -2.35. The average Bonchev–Trinajstić information content (AvgIpc) is 3.03. The van der Waals surface area contributed by atoms with E-state index >= 15 is 0 Å². The minimum absolute atomic E-state index is 0.289. The quantitative estimate of drug-likeness (QED) is 0.815. The molecule has 2 fully saturated rings. The number of carbonyl (C=O) groups excluding carboxylic acids is 1. The van der Waals surface area contributed by atoms with Crippen LogP contribution < -0.4 is 0 Å². The zero-order chi connectivity index (χ0) is 12.5. The van der Waals surface area contributed by atoms with Gasteiger partial charge < -0.3 is 4.90 Å². The van der Waals surface area contributed by atoms with Crippen LogP contribution in [0.25, 0.3) is 0 Å². The predicted octanol–water partition coefficient (Wildman–Crippen LogP) is 2.48. The monoisotopic (exact) mass is 244 g/mol. The summed E-state index contributed by atoms with van der Waals surface area (Å²) in [6.07, 6.45) is 5.42. The molecule has 2 aliphatic carbocycles. The maximum absolute atomic E-state index is 12.4. The zero-order valence-corrected chi connectivity index (χ0v) is 10.9. The molecule has 1 aromatic heterocycles. The molecule has 0 saturated heterocycles. The van der Waals surface area contributed by atoms with Crippen molar-refractivity contribution >= 4 is 5.91 Å². The van der Waals surface area contributed by atoms with Crippen LogP contribution in [0.4, 0.5) is 0 Å². The van der Waals surface area contributed by atoms with Crippen molar-refractivity contribution in [3.05, 3.63) is 30.1 Å². The summed E-state index contributed by atoms with van der Waals surface area (Å²) in [4.78, 5) is 18.7. The molecule has 0 radical (unpaired) electrons. The van der Waals surface area contributed by atoms with Gasteiger partial charge >= 0.3 is 0 Å². The van der Waals surface area contributed by atoms with Gasteiger partial charge in [0.05, 0.1) is 12.2 Å². The molecule has 2 saturated carbocycles. The van der Waals surface area contributed by atoms with Gasteiger partial charge in [-0.15, -0.1) is 0 Å². The van der Waals surface area contributed by atoms with Crippen molar-refractivity contribution in [2.75, 3.05) is 6.54 Å². The molecule has 1 heterocycles. The number of aromatic nitrogens is 1. The standard InChI is InChI=1S/C15H20N2O/c1-2-17(10-14-5-3-4-6-16-14)15(18)13-8-11-7-12(11)9-13/h3-6,11-13H,2,7-10H2,1H3. The fourth-order valence-electron chi connectivity index (χ4n) is 3.21. The largest absolute Gasteiger partial charge is 0.337 e. The molecule has 1 aromatic rings. The highest BCUT2D eigenvalue weighted by molar-refractivity contribution is 5.79. The maximum atomic E-state index is 12.4. The van der Waals surface area contributed by atoms with Crippen LogP contribution in [-0.4, -0.2) is 22.3 Å². The minimum atomic E-state index is 0.289. The molecule has 3 heteroatoms. The Kier molecular flexibility index (Phi) is 3.06. The molecule has 0 spiro atoms. The molecule has 0 aromatic carbocycles. The molecule has 1 amide bonds. The first-order valence-electron chi connectivity index (χ1n) is 6.96. The van der Waals surface area contributed by atoms with Crippen LogP contribution >= 0.6 is 0 Å². The minimum Gasteiger partial charge on any atom is -0.337 e. The number of hydrogen-bond donors (Lipinski definition) is 0. The van der Waals surface area contributed by atoms with Crippen molar-refractivity contribution in [3.8, 4) is 0 Å². The highest BCUT2D eigenvalue weighted by Gasteiger charge is 2.48. The van der Waals surface area contributed by atoms with E-state index < -0.39 is 0 Å². The smallest absolute Gasteiger partial charge is 0.226 e. The lowest BCUT2D eigenvalue weighted by atomic mass is 10.0. The van der Waals surface area contributed by atoms with Crippen molar-refractivity contribution in [2.24, 2.45) is 17.8 Å². The zero-order valence-electron chi connectivity index (χ0n) is 10.9. The third-order valence-corrected chi connectivity index (χ3v) is 4.37. The van der Waals surface area contributed by atoms with E-state index in [1.807, 2.05) is 23.1 Å². The van der Waals surface area contributed by atoms with Crippen LogP contribution in [0.2, 0.25) is 0 Å². The predicted molar refractivity (Wildman–Crippen MR) is 69.6 cm³/mol. The van der Waals surface area contributed by atoms with E-state index in [-0.39, 0.29) is 5.92 Å². The highest BCUT2D eigenvalue weighted by atomic mass is 16.2. The highest BCUT2D eigenvalue weighted by Crippen LogP contribution is 2.54. The van der Waals surface area contributed by atoms with E-state index in [2.05, 4.69) is 11.9 Å². The Balaban J connectivity index is 1.63. The van der Waals surface area contributed by atoms with Gasteiger partial charge in [-0.2, -0.15) is 0 Å². The third kappa shape index (κ3) is 2.26. The van der Waals surface area contributed by atoms with Gasteiger partial charge in [0, 0.05) is 18.7 Å². The SMILES string of the molecule is CCN(Cc1ccccn1)C(=O)C1CC2CC2C1. The molecule has 18 heavy (non-hydrogen) atoms. The third-order valence-electron chi connectivity index (χ3n) is 4.37. The van der Waals surface area contributed by atoms with Gasteiger partial charge in [0.2, 0.25) is 5.91 Å². The van der Waals surface area contributed by atoms with Crippen LogP contribution in [0.5, 0.6) is 0 Å². The normalized spacial score (nSPS) is 28.8. The lowest BCUT2D eigenvalue weighted by Gasteiger charge is -2.24. The number of hydrogen-bond acceptors (Lipinski definition) is 2. The second kappa shape index (κ2) is 4.71. The summed E-state index contributed by atoms with van der Waals surface area (Å²) in [6.45, 7) is 3.49. The van der Waals surface area contributed by atoms with Gasteiger partial charge in [-0.3, -0.25) is 9.78 Å². The van der Waals surface area contributed by atoms with E-state index in [4.69, 9.17) is 0 Å². The topological polar surface area (TPSA) is 33.2 Å². The van der Waals surface area contributed by atoms with Crippen LogP contribution in [0.1, 0.15) is 31.9 Å². The summed E-state index contributed by atoms with van der Waals surface area (Å²) in [5.41, 5.74) is 0.982. The van der Waals surface area contributed by atoms with Gasteiger partial charge in [0.25, 0.3) is 0 Å². The molecular weight excluding hydrogens is 224 g/mol. The average molecular weight is 244 g/mol. The summed E-state index contributed by atoms with van der Waals surface area (Å²) in [7, 11) is 0. The van der Waals surface area contributed by atoms with E-state index in [9.17, 15) is 4.79 Å². The first-order valence-corrected chi connectivity index (χ1v) is 6.96. The Bertz CT molecular complexity index is 421. The summed E-state index contributed by atoms with van der Waals surface area (Å²) in [6, 6.07) is 5.87. The molecule has 0 aliphatic heterocycles. The van der Waals surface area contributed by atoms with E-state index in [0.29, 0.717) is 12.5 Å².